The largest absolute Gasteiger partial charge is 0.462 e. The second-order valence-electron chi connectivity index (χ2n) is 11.3. The van der Waals surface area contributed by atoms with Gasteiger partial charge in [-0.2, -0.15) is 0 Å². The number of carbonyl (C=O) groups is 1. The van der Waals surface area contributed by atoms with Crippen molar-refractivity contribution >= 4 is 20.1 Å². The Morgan fingerprint density at radius 2 is 1.91 bits per heavy atom. The minimum Gasteiger partial charge on any atom is -0.462 e. The van der Waals surface area contributed by atoms with Gasteiger partial charge in [-0.3, -0.25) is 0 Å². The van der Waals surface area contributed by atoms with Gasteiger partial charge in [-0.05, 0) is 57.7 Å². The molecule has 194 valence electrons. The monoisotopic (exact) mass is 500 g/mol. The number of rotatable bonds is 9. The van der Waals surface area contributed by atoms with E-state index in [0.717, 1.165) is 29.2 Å². The van der Waals surface area contributed by atoms with Gasteiger partial charge in [0.15, 0.2) is 5.79 Å². The predicted molar refractivity (Wildman–Crippen MR) is 145 cm³/mol. The van der Waals surface area contributed by atoms with Crippen molar-refractivity contribution in [2.45, 2.75) is 104 Å². The van der Waals surface area contributed by atoms with E-state index in [2.05, 4.69) is 38.4 Å². The number of aryl methyl sites for hydroxylation is 2. The van der Waals surface area contributed by atoms with Crippen molar-refractivity contribution in [3.8, 4) is 11.8 Å². The fourth-order valence-corrected chi connectivity index (χ4v) is 4.70. The lowest BCUT2D eigenvalue weighted by Crippen LogP contribution is -2.34. The van der Waals surface area contributed by atoms with Crippen LogP contribution in [-0.4, -0.2) is 49.9 Å². The second-order valence-corrected chi connectivity index (χ2v) is 16.9. The molecule has 1 heterocycles. The molecule has 35 heavy (non-hydrogen) atoms. The molecule has 0 radical (unpaired) electrons. The number of hydrogen-bond donors (Lipinski definition) is 1. The molecular formula is C29H44O5Si. The van der Waals surface area contributed by atoms with Gasteiger partial charge in [0, 0.05) is 14.0 Å². The van der Waals surface area contributed by atoms with E-state index in [9.17, 15) is 9.90 Å². The zero-order chi connectivity index (χ0) is 26.4. The minimum atomic E-state index is -1.29. The number of aliphatic hydroxyl groups is 1. The van der Waals surface area contributed by atoms with Crippen molar-refractivity contribution in [1.82, 2.24) is 0 Å². The van der Waals surface area contributed by atoms with Gasteiger partial charge in [0.05, 0.1) is 18.3 Å². The summed E-state index contributed by atoms with van der Waals surface area (Å²) in [5.41, 5.74) is 3.41. The summed E-state index contributed by atoms with van der Waals surface area (Å²) in [6, 6.07) is 4.94. The zero-order valence-corrected chi connectivity index (χ0v) is 24.0. The van der Waals surface area contributed by atoms with E-state index in [-0.39, 0.29) is 18.0 Å². The molecule has 5 nitrogen and oxygen atoms in total. The summed E-state index contributed by atoms with van der Waals surface area (Å²) in [4.78, 5) is 12.9. The quantitative estimate of drug-likeness (QED) is 0.251. The number of esters is 1. The molecule has 1 unspecified atom stereocenters. The highest BCUT2D eigenvalue weighted by atomic mass is 28.3. The first kappa shape index (κ1) is 29.3. The Labute approximate surface area is 213 Å². The van der Waals surface area contributed by atoms with Gasteiger partial charge >= 0.3 is 5.97 Å². The lowest BCUT2D eigenvalue weighted by atomic mass is 9.97. The molecule has 0 aliphatic carbocycles. The van der Waals surface area contributed by atoms with Crippen molar-refractivity contribution in [2.75, 3.05) is 6.61 Å². The van der Waals surface area contributed by atoms with Crippen LogP contribution < -0.4 is 0 Å². The first-order valence-corrected chi connectivity index (χ1v) is 16.4. The average molecular weight is 501 g/mol. The summed E-state index contributed by atoms with van der Waals surface area (Å²) in [6.07, 6.45) is 3.55. The molecule has 1 aromatic carbocycles. The number of ether oxygens (including phenoxy) is 3. The lowest BCUT2D eigenvalue weighted by molar-refractivity contribution is -0.151. The summed E-state index contributed by atoms with van der Waals surface area (Å²) in [6.45, 7) is 19.0. The maximum Gasteiger partial charge on any atom is 0.338 e. The molecule has 0 aromatic heterocycles. The van der Waals surface area contributed by atoms with Crippen LogP contribution in [0.15, 0.2) is 18.2 Å². The van der Waals surface area contributed by atoms with Crippen molar-refractivity contribution in [3.63, 3.8) is 0 Å². The average Bonchev–Trinajstić information content (AvgIpc) is 3.04. The van der Waals surface area contributed by atoms with E-state index < -0.39 is 26.1 Å². The molecule has 1 saturated heterocycles. The van der Waals surface area contributed by atoms with E-state index >= 15 is 0 Å². The first-order chi connectivity index (χ1) is 16.2. The molecule has 4 atom stereocenters. The zero-order valence-electron chi connectivity index (χ0n) is 23.0. The van der Waals surface area contributed by atoms with Gasteiger partial charge in [-0.15, -0.1) is 0 Å². The van der Waals surface area contributed by atoms with E-state index in [1.54, 1.807) is 0 Å². The Balaban J connectivity index is 2.19. The lowest BCUT2D eigenvalue weighted by Gasteiger charge is -2.18. The Morgan fingerprint density at radius 3 is 2.54 bits per heavy atom. The fourth-order valence-electron chi connectivity index (χ4n) is 3.99. The number of benzene rings is 1. The van der Waals surface area contributed by atoms with E-state index in [0.29, 0.717) is 18.6 Å². The molecule has 1 aliphatic heterocycles. The topological polar surface area (TPSA) is 65.0 Å². The van der Waals surface area contributed by atoms with Gasteiger partial charge in [-0.25, -0.2) is 4.79 Å². The standard InChI is InChI=1S/C29H44O5Si/c1-10-20(2)14-15-24(30)27-25(33-29(5,6)34-27)13-11-12-23-19-21(3)18-22(4)26(23)28(31)32-16-17-35(7,8)9/h11-12,18-20,24-25,27,30H,10,13,16-17H2,1-9H3/b12-11+/t20-,24?,25+,27-/m1/s1. The van der Waals surface area contributed by atoms with Crippen molar-refractivity contribution in [1.29, 1.82) is 0 Å². The Kier molecular flexibility index (Phi) is 10.4. The number of carbonyl (C=O) groups excluding carboxylic acids is 1. The van der Waals surface area contributed by atoms with Gasteiger partial charge in [-0.1, -0.05) is 75.2 Å². The molecule has 6 heteroatoms. The summed E-state index contributed by atoms with van der Waals surface area (Å²) < 4.78 is 17.7. The third-order valence-electron chi connectivity index (χ3n) is 6.09. The highest BCUT2D eigenvalue weighted by Gasteiger charge is 2.43. The third-order valence-corrected chi connectivity index (χ3v) is 7.79. The molecule has 0 amide bonds. The van der Waals surface area contributed by atoms with E-state index in [4.69, 9.17) is 14.2 Å². The molecule has 0 spiro atoms. The second kappa shape index (κ2) is 12.4. The van der Waals surface area contributed by atoms with Crippen LogP contribution in [0, 0.1) is 31.6 Å². The molecule has 1 fully saturated rings. The molecule has 0 saturated carbocycles. The van der Waals surface area contributed by atoms with E-state index in [1.807, 2.05) is 58.9 Å². The molecule has 1 aromatic rings. The molecule has 2 rings (SSSR count). The van der Waals surface area contributed by atoms with Crippen LogP contribution >= 0.6 is 0 Å². The maximum absolute atomic E-state index is 12.9. The Bertz CT molecular complexity index is 964. The minimum absolute atomic E-state index is 0.215. The summed E-state index contributed by atoms with van der Waals surface area (Å²) in [7, 11) is -1.29. The smallest absolute Gasteiger partial charge is 0.338 e. The molecule has 1 aliphatic rings. The molecular weight excluding hydrogens is 456 g/mol. The van der Waals surface area contributed by atoms with E-state index in [1.165, 1.54) is 0 Å². The van der Waals surface area contributed by atoms with Crippen molar-refractivity contribution in [3.05, 3.63) is 40.5 Å². The van der Waals surface area contributed by atoms with Crippen LogP contribution in [0.1, 0.15) is 67.6 Å². The fraction of sp³-hybridized carbons (Fsp3) is 0.621. The summed E-state index contributed by atoms with van der Waals surface area (Å²) in [5.74, 6) is 5.17. The predicted octanol–water partition coefficient (Wildman–Crippen LogP) is 6.13. The molecule has 0 bridgehead atoms. The highest BCUT2D eigenvalue weighted by molar-refractivity contribution is 6.76. The Morgan fingerprint density at radius 1 is 1.23 bits per heavy atom. The maximum atomic E-state index is 12.9. The van der Waals surface area contributed by atoms with Crippen LogP contribution in [0.4, 0.5) is 0 Å². The number of aliphatic hydroxyl groups excluding tert-OH is 1. The van der Waals surface area contributed by atoms with Crippen molar-refractivity contribution < 1.29 is 24.1 Å². The van der Waals surface area contributed by atoms with Gasteiger partial charge < -0.3 is 19.3 Å². The van der Waals surface area contributed by atoms with Crippen LogP contribution in [0.2, 0.25) is 25.7 Å². The van der Waals surface area contributed by atoms with Crippen molar-refractivity contribution in [2.24, 2.45) is 5.92 Å². The van der Waals surface area contributed by atoms with Crippen LogP contribution in [0.5, 0.6) is 0 Å². The van der Waals surface area contributed by atoms with Crippen LogP contribution in [0.25, 0.3) is 6.08 Å². The van der Waals surface area contributed by atoms with Gasteiger partial charge in [0.1, 0.15) is 12.2 Å². The number of hydrogen-bond acceptors (Lipinski definition) is 5. The first-order valence-electron chi connectivity index (χ1n) is 12.7. The highest BCUT2D eigenvalue weighted by Crippen LogP contribution is 2.32. The molecule has 1 N–H and O–H groups in total. The summed E-state index contributed by atoms with van der Waals surface area (Å²) in [5, 5.41) is 10.7. The summed E-state index contributed by atoms with van der Waals surface area (Å²) >= 11 is 0. The normalized spacial score (nSPS) is 21.4. The van der Waals surface area contributed by atoms with Gasteiger partial charge in [0.25, 0.3) is 0 Å². The Hall–Kier alpha value is -1.91. The van der Waals surface area contributed by atoms with Crippen LogP contribution in [0.3, 0.4) is 0 Å². The van der Waals surface area contributed by atoms with Gasteiger partial charge in [0.2, 0.25) is 0 Å². The SMILES string of the molecule is CC[C@@H](C)C#CC(O)[C@H]1OC(C)(C)O[C@H]1C/C=C/c1cc(C)cc(C)c1C(=O)OCC[Si](C)(C)C. The third kappa shape index (κ3) is 9.23. The van der Waals surface area contributed by atoms with Crippen LogP contribution in [-0.2, 0) is 14.2 Å².